The largest absolute Gasteiger partial charge is 0.463 e. The number of ether oxygens (including phenoxy) is 1. The van der Waals surface area contributed by atoms with Crippen molar-refractivity contribution in [3.05, 3.63) is 64.7 Å². The third kappa shape index (κ3) is 2.50. The minimum atomic E-state index is -3.87. The highest BCUT2D eigenvalue weighted by Crippen LogP contribution is 2.36. The summed E-state index contributed by atoms with van der Waals surface area (Å²) in [5.41, 5.74) is 3.33. The molecule has 134 valence electrons. The summed E-state index contributed by atoms with van der Waals surface area (Å²) in [5, 5.41) is 0. The standard InChI is InChI=1S/C19H17NO5S/c1-12-6-7-13-11-16(15(13)10-12)19(22)25-9-8-20-18(21)14-4-2-3-5-17(14)26(20,23)24/h2-7,10,16H,8-9,11H2,1H3. The third-order valence-corrected chi connectivity index (χ3v) is 6.68. The number of amides is 1. The second-order valence-corrected chi connectivity index (χ2v) is 8.34. The van der Waals surface area contributed by atoms with Gasteiger partial charge in [0.1, 0.15) is 11.5 Å². The first-order chi connectivity index (χ1) is 12.4. The lowest BCUT2D eigenvalue weighted by molar-refractivity contribution is -0.146. The fraction of sp³-hybridized carbons (Fsp3) is 0.263. The first-order valence-corrected chi connectivity index (χ1v) is 9.76. The van der Waals surface area contributed by atoms with Gasteiger partial charge in [-0.25, -0.2) is 12.7 Å². The van der Waals surface area contributed by atoms with Crippen LogP contribution in [0.4, 0.5) is 0 Å². The molecule has 1 atom stereocenters. The van der Waals surface area contributed by atoms with Crippen LogP contribution in [-0.4, -0.2) is 37.8 Å². The molecule has 1 amide bonds. The SMILES string of the molecule is Cc1ccc2c(c1)C(C(=O)OCCN1C(=O)c3ccccc3S1(=O)=O)C2. The van der Waals surface area contributed by atoms with E-state index in [-0.39, 0.29) is 35.5 Å². The number of sulfonamides is 1. The molecule has 0 radical (unpaired) electrons. The molecule has 6 nitrogen and oxygen atoms in total. The molecule has 2 aromatic carbocycles. The van der Waals surface area contributed by atoms with Crippen LogP contribution >= 0.6 is 0 Å². The highest BCUT2D eigenvalue weighted by molar-refractivity contribution is 7.90. The lowest BCUT2D eigenvalue weighted by Crippen LogP contribution is -2.35. The van der Waals surface area contributed by atoms with Gasteiger partial charge in [-0.2, -0.15) is 0 Å². The van der Waals surface area contributed by atoms with Gasteiger partial charge in [-0.3, -0.25) is 9.59 Å². The molecule has 1 heterocycles. The predicted octanol–water partition coefficient (Wildman–Crippen LogP) is 2.02. The van der Waals surface area contributed by atoms with E-state index >= 15 is 0 Å². The van der Waals surface area contributed by atoms with Gasteiger partial charge in [0.2, 0.25) is 0 Å². The van der Waals surface area contributed by atoms with Crippen molar-refractivity contribution < 1.29 is 22.7 Å². The normalized spacial score (nSPS) is 19.5. The van der Waals surface area contributed by atoms with E-state index in [2.05, 4.69) is 0 Å². The van der Waals surface area contributed by atoms with Crippen molar-refractivity contribution >= 4 is 21.9 Å². The third-order valence-electron chi connectivity index (χ3n) is 4.84. The van der Waals surface area contributed by atoms with Crippen LogP contribution in [0.25, 0.3) is 0 Å². The molecule has 2 aliphatic rings. The summed E-state index contributed by atoms with van der Waals surface area (Å²) in [5.74, 6) is -1.28. The Labute approximate surface area is 151 Å². The van der Waals surface area contributed by atoms with Crippen LogP contribution in [0.1, 0.15) is 33.0 Å². The molecule has 2 aromatic rings. The van der Waals surface area contributed by atoms with Gasteiger partial charge in [-0.05, 0) is 36.6 Å². The van der Waals surface area contributed by atoms with Gasteiger partial charge in [0, 0.05) is 0 Å². The molecule has 26 heavy (non-hydrogen) atoms. The van der Waals surface area contributed by atoms with Crippen LogP contribution < -0.4 is 0 Å². The summed E-state index contributed by atoms with van der Waals surface area (Å²) >= 11 is 0. The maximum absolute atomic E-state index is 12.4. The van der Waals surface area contributed by atoms with Crippen LogP contribution in [0, 0.1) is 6.92 Å². The zero-order valence-corrected chi connectivity index (χ0v) is 15.0. The van der Waals surface area contributed by atoms with E-state index in [1.165, 1.54) is 12.1 Å². The molecule has 1 unspecified atom stereocenters. The minimum absolute atomic E-state index is 0.000257. The molecule has 0 saturated heterocycles. The second-order valence-electron chi connectivity index (χ2n) is 6.50. The predicted molar refractivity (Wildman–Crippen MR) is 93.2 cm³/mol. The van der Waals surface area contributed by atoms with Gasteiger partial charge in [0.05, 0.1) is 18.0 Å². The summed E-state index contributed by atoms with van der Waals surface area (Å²) in [6.45, 7) is 1.62. The zero-order chi connectivity index (χ0) is 18.5. The average Bonchev–Trinajstić information content (AvgIpc) is 2.79. The van der Waals surface area contributed by atoms with E-state index in [9.17, 15) is 18.0 Å². The maximum atomic E-state index is 12.4. The van der Waals surface area contributed by atoms with Crippen LogP contribution in [0.15, 0.2) is 47.4 Å². The van der Waals surface area contributed by atoms with Gasteiger partial charge < -0.3 is 4.74 Å². The highest BCUT2D eigenvalue weighted by atomic mass is 32.2. The van der Waals surface area contributed by atoms with E-state index in [1.54, 1.807) is 12.1 Å². The molecule has 1 aliphatic heterocycles. The molecule has 0 saturated carbocycles. The Bertz CT molecular complexity index is 1030. The molecule has 0 N–H and O–H groups in total. The molecule has 1 aliphatic carbocycles. The molecular weight excluding hydrogens is 354 g/mol. The van der Waals surface area contributed by atoms with Crippen LogP contribution in [0.2, 0.25) is 0 Å². The van der Waals surface area contributed by atoms with Crippen molar-refractivity contribution in [1.29, 1.82) is 0 Å². The quantitative estimate of drug-likeness (QED) is 0.768. The van der Waals surface area contributed by atoms with Gasteiger partial charge >= 0.3 is 5.97 Å². The number of hydrogen-bond donors (Lipinski definition) is 0. The lowest BCUT2D eigenvalue weighted by atomic mass is 9.77. The highest BCUT2D eigenvalue weighted by Gasteiger charge is 2.41. The van der Waals surface area contributed by atoms with Gasteiger partial charge in [0.25, 0.3) is 15.9 Å². The number of carbonyl (C=O) groups excluding carboxylic acids is 2. The van der Waals surface area contributed by atoms with Crippen LogP contribution in [0.3, 0.4) is 0 Å². The van der Waals surface area contributed by atoms with Crippen molar-refractivity contribution in [3.8, 4) is 0 Å². The first kappa shape index (κ1) is 16.8. The average molecular weight is 371 g/mol. The number of aryl methyl sites for hydroxylation is 1. The Kier molecular flexibility index (Phi) is 3.84. The number of carbonyl (C=O) groups is 2. The summed E-state index contributed by atoms with van der Waals surface area (Å²) in [6.07, 6.45) is 0.626. The number of benzene rings is 2. The monoisotopic (exact) mass is 371 g/mol. The Hall–Kier alpha value is -2.67. The van der Waals surface area contributed by atoms with Crippen LogP contribution in [-0.2, 0) is 26.0 Å². The van der Waals surface area contributed by atoms with Crippen LogP contribution in [0.5, 0.6) is 0 Å². The zero-order valence-electron chi connectivity index (χ0n) is 14.1. The molecule has 0 spiro atoms. The maximum Gasteiger partial charge on any atom is 0.313 e. The number of hydrogen-bond acceptors (Lipinski definition) is 5. The lowest BCUT2D eigenvalue weighted by Gasteiger charge is -2.29. The van der Waals surface area contributed by atoms with E-state index < -0.39 is 15.9 Å². The Balaban J connectivity index is 1.40. The molecule has 0 fully saturated rings. The van der Waals surface area contributed by atoms with Gasteiger partial charge in [-0.15, -0.1) is 0 Å². The molecule has 4 rings (SSSR count). The fourth-order valence-corrected chi connectivity index (χ4v) is 4.97. The number of fused-ring (bicyclic) bond motifs is 2. The van der Waals surface area contributed by atoms with Gasteiger partial charge in [-0.1, -0.05) is 35.9 Å². The minimum Gasteiger partial charge on any atom is -0.463 e. The van der Waals surface area contributed by atoms with Crippen molar-refractivity contribution in [3.63, 3.8) is 0 Å². The summed E-state index contributed by atoms with van der Waals surface area (Å²) < 4.78 is 30.9. The molecule has 0 bridgehead atoms. The first-order valence-electron chi connectivity index (χ1n) is 8.32. The topological polar surface area (TPSA) is 80.8 Å². The number of rotatable bonds is 4. The number of esters is 1. The van der Waals surface area contributed by atoms with Crippen molar-refractivity contribution in [2.45, 2.75) is 24.2 Å². The van der Waals surface area contributed by atoms with E-state index in [1.807, 2.05) is 25.1 Å². The van der Waals surface area contributed by atoms with Crippen molar-refractivity contribution in [2.75, 3.05) is 13.2 Å². The van der Waals surface area contributed by atoms with Crippen molar-refractivity contribution in [1.82, 2.24) is 4.31 Å². The summed E-state index contributed by atoms with van der Waals surface area (Å²) in [4.78, 5) is 24.6. The van der Waals surface area contributed by atoms with Crippen molar-refractivity contribution in [2.24, 2.45) is 0 Å². The summed E-state index contributed by atoms with van der Waals surface area (Å²) in [7, 11) is -3.87. The van der Waals surface area contributed by atoms with E-state index in [4.69, 9.17) is 4.74 Å². The Morgan fingerprint density at radius 3 is 2.77 bits per heavy atom. The molecule has 0 aromatic heterocycles. The van der Waals surface area contributed by atoms with Gasteiger partial charge in [0.15, 0.2) is 0 Å². The second kappa shape index (κ2) is 5.95. The Morgan fingerprint density at radius 2 is 2.00 bits per heavy atom. The fourth-order valence-electron chi connectivity index (χ4n) is 3.42. The molecular formula is C19H17NO5S. The van der Waals surface area contributed by atoms with E-state index in [0.29, 0.717) is 6.42 Å². The smallest absolute Gasteiger partial charge is 0.313 e. The Morgan fingerprint density at radius 1 is 1.23 bits per heavy atom. The molecule has 7 heteroatoms. The number of nitrogens with zero attached hydrogens (tertiary/aromatic N) is 1. The summed E-state index contributed by atoms with van der Waals surface area (Å²) in [6, 6.07) is 12.0. The van der Waals surface area contributed by atoms with E-state index in [0.717, 1.165) is 21.0 Å².